The molecule has 1 aromatic rings. The van der Waals surface area contributed by atoms with Crippen LogP contribution in [-0.2, 0) is 11.2 Å². The number of aryl methyl sites for hydroxylation is 2. The second-order valence-electron chi connectivity index (χ2n) is 5.18. The molecule has 2 rings (SSSR count). The van der Waals surface area contributed by atoms with Crippen molar-refractivity contribution in [2.75, 3.05) is 0 Å². The molecule has 0 aromatic carbocycles. The Balaban J connectivity index is 1.93. The van der Waals surface area contributed by atoms with Crippen LogP contribution in [0.1, 0.15) is 48.2 Å². The van der Waals surface area contributed by atoms with Gasteiger partial charge in [0.1, 0.15) is 10.8 Å². The first-order valence-corrected chi connectivity index (χ1v) is 7.37. The predicted octanol–water partition coefficient (Wildman–Crippen LogP) is 3.70. The molecule has 2 unspecified atom stereocenters. The molecule has 17 heavy (non-hydrogen) atoms. The predicted molar refractivity (Wildman–Crippen MR) is 71.4 cm³/mol. The third-order valence-corrected chi connectivity index (χ3v) is 5.05. The van der Waals surface area contributed by atoms with Crippen LogP contribution in [0.4, 0.5) is 0 Å². The molecule has 3 heteroatoms. The van der Waals surface area contributed by atoms with Gasteiger partial charge in [0.15, 0.2) is 0 Å². The molecule has 0 N–H and O–H groups in total. The summed E-state index contributed by atoms with van der Waals surface area (Å²) in [5, 5.41) is 1.00. The number of carbonyl (C=O) groups is 1. The fraction of sp³-hybridized carbons (Fsp3) is 0.714. The molecule has 94 valence electrons. The Morgan fingerprint density at radius 2 is 2.18 bits per heavy atom. The van der Waals surface area contributed by atoms with E-state index in [1.165, 1.54) is 17.7 Å². The minimum Gasteiger partial charge on any atom is -0.299 e. The maximum Gasteiger partial charge on any atom is 0.142 e. The summed E-state index contributed by atoms with van der Waals surface area (Å²) in [6.07, 6.45) is 5.22. The van der Waals surface area contributed by atoms with Crippen molar-refractivity contribution >= 4 is 17.1 Å². The zero-order valence-corrected chi connectivity index (χ0v) is 11.8. The minimum atomic E-state index is 0.310. The standard InChI is InChI=1S/C14H21NOS/c1-4-11-5-6-12(7-11)13(16)8-14-15-9(2)10(3)17-14/h11-12H,4-8H2,1-3H3. The van der Waals surface area contributed by atoms with Gasteiger partial charge in [-0.3, -0.25) is 4.79 Å². The first-order valence-electron chi connectivity index (χ1n) is 6.55. The van der Waals surface area contributed by atoms with Gasteiger partial charge in [0.25, 0.3) is 0 Å². The number of hydrogen-bond acceptors (Lipinski definition) is 3. The minimum absolute atomic E-state index is 0.310. The maximum atomic E-state index is 12.2. The lowest BCUT2D eigenvalue weighted by molar-refractivity contribution is -0.122. The lowest BCUT2D eigenvalue weighted by atomic mass is 9.98. The van der Waals surface area contributed by atoms with E-state index in [2.05, 4.69) is 18.8 Å². The highest BCUT2D eigenvalue weighted by molar-refractivity contribution is 7.11. The Labute approximate surface area is 107 Å². The molecular weight excluding hydrogens is 230 g/mol. The number of carbonyl (C=O) groups excluding carboxylic acids is 1. The van der Waals surface area contributed by atoms with Gasteiger partial charge in [-0.15, -0.1) is 11.3 Å². The van der Waals surface area contributed by atoms with E-state index in [0.29, 0.717) is 18.1 Å². The third kappa shape index (κ3) is 2.95. The number of thiazole rings is 1. The topological polar surface area (TPSA) is 30.0 Å². The summed E-state index contributed by atoms with van der Waals surface area (Å²) < 4.78 is 0. The number of nitrogens with zero attached hydrogens (tertiary/aromatic N) is 1. The fourth-order valence-corrected chi connectivity index (χ4v) is 3.59. The number of Topliss-reactive ketones (excluding diaryl/α,β-unsaturated/α-hetero) is 1. The summed E-state index contributed by atoms with van der Waals surface area (Å²) in [6, 6.07) is 0. The molecule has 0 bridgehead atoms. The fourth-order valence-electron chi connectivity index (χ4n) is 2.65. The van der Waals surface area contributed by atoms with Gasteiger partial charge >= 0.3 is 0 Å². The number of aromatic nitrogens is 1. The van der Waals surface area contributed by atoms with Crippen LogP contribution >= 0.6 is 11.3 Å². The van der Waals surface area contributed by atoms with Gasteiger partial charge in [-0.25, -0.2) is 4.98 Å². The highest BCUT2D eigenvalue weighted by Gasteiger charge is 2.29. The first-order chi connectivity index (χ1) is 8.10. The second kappa shape index (κ2) is 5.30. The van der Waals surface area contributed by atoms with Gasteiger partial charge in [0, 0.05) is 10.8 Å². The van der Waals surface area contributed by atoms with Crippen molar-refractivity contribution in [3.8, 4) is 0 Å². The Kier molecular flexibility index (Phi) is 3.97. The first kappa shape index (κ1) is 12.7. The highest BCUT2D eigenvalue weighted by atomic mass is 32.1. The van der Waals surface area contributed by atoms with Crippen molar-refractivity contribution < 1.29 is 4.79 Å². The lowest BCUT2D eigenvalue weighted by Crippen LogP contribution is -2.14. The molecule has 0 radical (unpaired) electrons. The van der Waals surface area contributed by atoms with Gasteiger partial charge in [-0.05, 0) is 39.0 Å². The Morgan fingerprint density at radius 1 is 1.41 bits per heavy atom. The van der Waals surface area contributed by atoms with Gasteiger partial charge in [-0.1, -0.05) is 13.3 Å². The quantitative estimate of drug-likeness (QED) is 0.816. The van der Waals surface area contributed by atoms with Crippen molar-refractivity contribution in [1.29, 1.82) is 0 Å². The van der Waals surface area contributed by atoms with Crippen molar-refractivity contribution in [2.24, 2.45) is 11.8 Å². The van der Waals surface area contributed by atoms with E-state index in [0.717, 1.165) is 29.5 Å². The van der Waals surface area contributed by atoms with E-state index >= 15 is 0 Å². The lowest BCUT2D eigenvalue weighted by Gasteiger charge is -2.07. The number of hydrogen-bond donors (Lipinski definition) is 0. The molecule has 0 aliphatic heterocycles. The monoisotopic (exact) mass is 251 g/mol. The van der Waals surface area contributed by atoms with Crippen molar-refractivity contribution in [2.45, 2.75) is 52.9 Å². The summed E-state index contributed by atoms with van der Waals surface area (Å²) in [5.41, 5.74) is 1.08. The van der Waals surface area contributed by atoms with E-state index in [-0.39, 0.29) is 0 Å². The molecule has 1 saturated carbocycles. The second-order valence-corrected chi connectivity index (χ2v) is 6.46. The average molecular weight is 251 g/mol. The SMILES string of the molecule is CCC1CCC(C(=O)Cc2nc(C)c(C)s2)C1. The molecular formula is C14H21NOS. The number of rotatable bonds is 4. The molecule has 0 amide bonds. The van der Waals surface area contributed by atoms with E-state index in [1.54, 1.807) is 11.3 Å². The molecule has 1 aromatic heterocycles. The van der Waals surface area contributed by atoms with Crippen molar-refractivity contribution in [3.63, 3.8) is 0 Å². The van der Waals surface area contributed by atoms with E-state index < -0.39 is 0 Å². The maximum absolute atomic E-state index is 12.2. The Hall–Kier alpha value is -0.700. The van der Waals surface area contributed by atoms with E-state index in [4.69, 9.17) is 0 Å². The molecule has 0 spiro atoms. The summed E-state index contributed by atoms with van der Waals surface area (Å²) in [5.74, 6) is 1.50. The van der Waals surface area contributed by atoms with Crippen LogP contribution < -0.4 is 0 Å². The average Bonchev–Trinajstić information content (AvgIpc) is 2.87. The Morgan fingerprint density at radius 3 is 2.71 bits per heavy atom. The summed E-state index contributed by atoms with van der Waals surface area (Å²) in [7, 11) is 0. The molecule has 2 nitrogen and oxygen atoms in total. The normalized spacial score (nSPS) is 24.2. The summed E-state index contributed by atoms with van der Waals surface area (Å²) in [6.45, 7) is 6.32. The van der Waals surface area contributed by atoms with Gasteiger partial charge < -0.3 is 0 Å². The third-order valence-electron chi connectivity index (χ3n) is 3.97. The summed E-state index contributed by atoms with van der Waals surface area (Å²) >= 11 is 1.68. The van der Waals surface area contributed by atoms with Crippen LogP contribution in [0.25, 0.3) is 0 Å². The Bertz CT molecular complexity index is 391. The van der Waals surface area contributed by atoms with E-state index in [9.17, 15) is 4.79 Å². The van der Waals surface area contributed by atoms with Gasteiger partial charge in [-0.2, -0.15) is 0 Å². The van der Waals surface area contributed by atoms with Crippen LogP contribution in [-0.4, -0.2) is 10.8 Å². The molecule has 1 heterocycles. The molecule has 2 atom stereocenters. The van der Waals surface area contributed by atoms with Gasteiger partial charge in [0.05, 0.1) is 12.1 Å². The summed E-state index contributed by atoms with van der Waals surface area (Å²) in [4.78, 5) is 17.9. The zero-order chi connectivity index (χ0) is 12.4. The van der Waals surface area contributed by atoms with Crippen molar-refractivity contribution in [3.05, 3.63) is 15.6 Å². The van der Waals surface area contributed by atoms with Crippen LogP contribution in [0.15, 0.2) is 0 Å². The molecule has 1 aliphatic rings. The molecule has 0 saturated heterocycles. The highest BCUT2D eigenvalue weighted by Crippen LogP contribution is 2.34. The van der Waals surface area contributed by atoms with Gasteiger partial charge in [0.2, 0.25) is 0 Å². The van der Waals surface area contributed by atoms with Crippen LogP contribution in [0.2, 0.25) is 0 Å². The molecule has 1 aliphatic carbocycles. The zero-order valence-electron chi connectivity index (χ0n) is 11.0. The van der Waals surface area contributed by atoms with Crippen molar-refractivity contribution in [1.82, 2.24) is 4.98 Å². The largest absolute Gasteiger partial charge is 0.299 e. The number of ketones is 1. The van der Waals surface area contributed by atoms with Crippen LogP contribution in [0.5, 0.6) is 0 Å². The smallest absolute Gasteiger partial charge is 0.142 e. The molecule has 1 fully saturated rings. The van der Waals surface area contributed by atoms with Crippen LogP contribution in [0.3, 0.4) is 0 Å². The van der Waals surface area contributed by atoms with E-state index in [1.807, 2.05) is 6.92 Å². The van der Waals surface area contributed by atoms with Crippen LogP contribution in [0, 0.1) is 25.7 Å².